The summed E-state index contributed by atoms with van der Waals surface area (Å²) < 4.78 is 0. The Hall–Kier alpha value is -2.25. The largest absolute Gasteiger partial charge is 0.478 e. The highest BCUT2D eigenvalue weighted by molar-refractivity contribution is 7.10. The molecule has 0 saturated carbocycles. The maximum absolute atomic E-state index is 10.7. The van der Waals surface area contributed by atoms with Gasteiger partial charge in [-0.25, -0.2) is 4.79 Å². The number of nitro benzene ring substituents is 1. The summed E-state index contributed by atoms with van der Waals surface area (Å²) in [6.45, 7) is 1.13. The summed E-state index contributed by atoms with van der Waals surface area (Å²) in [5.41, 5.74) is 1.30. The van der Waals surface area contributed by atoms with Crippen LogP contribution < -0.4 is 5.32 Å². The van der Waals surface area contributed by atoms with Crippen molar-refractivity contribution in [2.24, 2.45) is 0 Å². The van der Waals surface area contributed by atoms with E-state index in [9.17, 15) is 14.9 Å². The quantitative estimate of drug-likeness (QED) is 0.630. The second-order valence-corrected chi connectivity index (χ2v) is 5.13. The summed E-state index contributed by atoms with van der Waals surface area (Å²) in [6.07, 6.45) is 0. The average Bonchev–Trinajstić information content (AvgIpc) is 2.88. The van der Waals surface area contributed by atoms with Crippen LogP contribution in [0.15, 0.2) is 35.7 Å². The molecule has 20 heavy (non-hydrogen) atoms. The first-order valence-electron chi connectivity index (χ1n) is 5.81. The third kappa shape index (κ3) is 3.62. The molecule has 104 valence electrons. The lowest BCUT2D eigenvalue weighted by Crippen LogP contribution is -2.11. The summed E-state index contributed by atoms with van der Waals surface area (Å²) in [4.78, 5) is 21.7. The zero-order chi connectivity index (χ0) is 14.5. The van der Waals surface area contributed by atoms with Crippen molar-refractivity contribution in [3.8, 4) is 0 Å². The van der Waals surface area contributed by atoms with E-state index < -0.39 is 10.9 Å². The number of hydrogen-bond acceptors (Lipinski definition) is 5. The van der Waals surface area contributed by atoms with Crippen molar-refractivity contribution < 1.29 is 14.8 Å². The van der Waals surface area contributed by atoms with E-state index in [1.807, 2.05) is 0 Å². The zero-order valence-corrected chi connectivity index (χ0v) is 11.2. The van der Waals surface area contributed by atoms with Crippen LogP contribution in [0.5, 0.6) is 0 Å². The number of rotatable bonds is 6. The monoisotopic (exact) mass is 292 g/mol. The third-order valence-corrected chi connectivity index (χ3v) is 3.61. The molecule has 0 aliphatic carbocycles. The van der Waals surface area contributed by atoms with Gasteiger partial charge in [-0.1, -0.05) is 12.1 Å². The number of benzene rings is 1. The zero-order valence-electron chi connectivity index (χ0n) is 10.4. The van der Waals surface area contributed by atoms with E-state index >= 15 is 0 Å². The van der Waals surface area contributed by atoms with Gasteiger partial charge >= 0.3 is 5.97 Å². The van der Waals surface area contributed by atoms with Crippen molar-refractivity contribution >= 4 is 23.0 Å². The smallest absolute Gasteiger partial charge is 0.336 e. The van der Waals surface area contributed by atoms with Crippen molar-refractivity contribution in [3.05, 3.63) is 61.8 Å². The van der Waals surface area contributed by atoms with E-state index in [4.69, 9.17) is 5.11 Å². The fraction of sp³-hybridized carbons (Fsp3) is 0.154. The lowest BCUT2D eigenvalue weighted by atomic mass is 10.2. The summed E-state index contributed by atoms with van der Waals surface area (Å²) in [7, 11) is 0. The van der Waals surface area contributed by atoms with Gasteiger partial charge in [-0.2, -0.15) is 0 Å². The predicted molar refractivity (Wildman–Crippen MR) is 74.9 cm³/mol. The van der Waals surface area contributed by atoms with Crippen molar-refractivity contribution in [2.45, 2.75) is 13.1 Å². The molecule has 0 fully saturated rings. The van der Waals surface area contributed by atoms with Gasteiger partial charge in [-0.05, 0) is 11.6 Å². The lowest BCUT2D eigenvalue weighted by Gasteiger charge is -2.03. The summed E-state index contributed by atoms with van der Waals surface area (Å²) >= 11 is 1.39. The standard InChI is InChI=1S/C13H12N2O4S/c16-13(17)10-5-12(20-8-10)7-14-6-9-1-3-11(4-2-9)15(18)19/h1-5,8,14H,6-7H2,(H,16,17). The molecule has 0 spiro atoms. The van der Waals surface area contributed by atoms with Crippen molar-refractivity contribution in [2.75, 3.05) is 0 Å². The Morgan fingerprint density at radius 3 is 2.55 bits per heavy atom. The highest BCUT2D eigenvalue weighted by atomic mass is 32.1. The first-order valence-corrected chi connectivity index (χ1v) is 6.69. The Morgan fingerprint density at radius 1 is 1.30 bits per heavy atom. The van der Waals surface area contributed by atoms with Crippen LogP contribution in [0.3, 0.4) is 0 Å². The normalized spacial score (nSPS) is 10.4. The number of carboxylic acids is 1. The fourth-order valence-corrected chi connectivity index (χ4v) is 2.48. The lowest BCUT2D eigenvalue weighted by molar-refractivity contribution is -0.384. The number of carboxylic acid groups (broad SMARTS) is 1. The maximum Gasteiger partial charge on any atom is 0.336 e. The SMILES string of the molecule is O=C(O)c1csc(CNCc2ccc([N+](=O)[O-])cc2)c1. The molecule has 2 N–H and O–H groups in total. The molecular weight excluding hydrogens is 280 g/mol. The topological polar surface area (TPSA) is 92.5 Å². The summed E-state index contributed by atoms with van der Waals surface area (Å²) in [6, 6.07) is 7.95. The molecular formula is C13H12N2O4S. The van der Waals surface area contributed by atoms with Gasteiger partial charge in [0.2, 0.25) is 0 Å². The number of non-ortho nitro benzene ring substituents is 1. The van der Waals surface area contributed by atoms with Gasteiger partial charge in [-0.15, -0.1) is 11.3 Å². The van der Waals surface area contributed by atoms with E-state index in [1.54, 1.807) is 23.6 Å². The molecule has 1 aromatic heterocycles. The highest BCUT2D eigenvalue weighted by Crippen LogP contribution is 2.15. The Kier molecular flexibility index (Phi) is 4.44. The average molecular weight is 292 g/mol. The molecule has 6 nitrogen and oxygen atoms in total. The molecule has 2 aromatic rings. The van der Waals surface area contributed by atoms with Crippen LogP contribution in [0, 0.1) is 10.1 Å². The van der Waals surface area contributed by atoms with E-state index in [-0.39, 0.29) is 5.69 Å². The van der Waals surface area contributed by atoms with E-state index in [0.717, 1.165) is 10.4 Å². The van der Waals surface area contributed by atoms with E-state index in [2.05, 4.69) is 5.32 Å². The third-order valence-electron chi connectivity index (χ3n) is 2.68. The van der Waals surface area contributed by atoms with Crippen molar-refractivity contribution in [1.82, 2.24) is 5.32 Å². The molecule has 7 heteroatoms. The Morgan fingerprint density at radius 2 is 2.00 bits per heavy atom. The van der Waals surface area contributed by atoms with Crippen LogP contribution in [-0.2, 0) is 13.1 Å². The molecule has 0 bridgehead atoms. The molecule has 0 aliphatic rings. The molecule has 0 aliphatic heterocycles. The van der Waals surface area contributed by atoms with Gasteiger partial charge in [-0.3, -0.25) is 10.1 Å². The Balaban J connectivity index is 1.85. The number of aromatic carboxylic acids is 1. The molecule has 2 rings (SSSR count). The van der Waals surface area contributed by atoms with Gasteiger partial charge in [0, 0.05) is 35.5 Å². The van der Waals surface area contributed by atoms with Gasteiger partial charge in [0.15, 0.2) is 0 Å². The summed E-state index contributed by atoms with van der Waals surface area (Å²) in [5, 5.41) is 24.1. The number of carbonyl (C=O) groups is 1. The van der Waals surface area contributed by atoms with Gasteiger partial charge in [0.25, 0.3) is 5.69 Å². The van der Waals surface area contributed by atoms with Gasteiger partial charge in [0.05, 0.1) is 10.5 Å². The Labute approximate surface area is 118 Å². The molecule has 0 saturated heterocycles. The fourth-order valence-electron chi connectivity index (χ4n) is 1.65. The van der Waals surface area contributed by atoms with E-state index in [0.29, 0.717) is 18.7 Å². The maximum atomic E-state index is 10.7. The first kappa shape index (κ1) is 14.2. The Bertz CT molecular complexity index is 622. The van der Waals surface area contributed by atoms with Crippen LogP contribution in [0.2, 0.25) is 0 Å². The van der Waals surface area contributed by atoms with E-state index in [1.165, 1.54) is 23.5 Å². The van der Waals surface area contributed by atoms with Gasteiger partial charge < -0.3 is 10.4 Å². The summed E-state index contributed by atoms with van der Waals surface area (Å²) in [5.74, 6) is -0.928. The van der Waals surface area contributed by atoms with Crippen LogP contribution in [-0.4, -0.2) is 16.0 Å². The second-order valence-electron chi connectivity index (χ2n) is 4.13. The van der Waals surface area contributed by atoms with Crippen molar-refractivity contribution in [3.63, 3.8) is 0 Å². The minimum atomic E-state index is -0.928. The number of nitrogens with zero attached hydrogens (tertiary/aromatic N) is 1. The number of nitro groups is 1. The molecule has 1 heterocycles. The molecule has 0 radical (unpaired) electrons. The predicted octanol–water partition coefficient (Wildman–Crippen LogP) is 2.64. The highest BCUT2D eigenvalue weighted by Gasteiger charge is 2.06. The van der Waals surface area contributed by atoms with Crippen LogP contribution >= 0.6 is 11.3 Å². The van der Waals surface area contributed by atoms with Gasteiger partial charge in [0.1, 0.15) is 0 Å². The number of hydrogen-bond donors (Lipinski definition) is 2. The molecule has 0 atom stereocenters. The van der Waals surface area contributed by atoms with Crippen LogP contribution in [0.4, 0.5) is 5.69 Å². The minimum Gasteiger partial charge on any atom is -0.478 e. The number of thiophene rings is 1. The molecule has 0 unspecified atom stereocenters. The molecule has 1 aromatic carbocycles. The van der Waals surface area contributed by atoms with Crippen LogP contribution in [0.25, 0.3) is 0 Å². The minimum absolute atomic E-state index is 0.0677. The number of nitrogens with one attached hydrogen (secondary N) is 1. The molecule has 0 amide bonds. The first-order chi connectivity index (χ1) is 9.56. The second kappa shape index (κ2) is 6.27. The van der Waals surface area contributed by atoms with Crippen molar-refractivity contribution in [1.29, 1.82) is 0 Å². The van der Waals surface area contributed by atoms with Crippen LogP contribution in [0.1, 0.15) is 20.8 Å².